The molecule has 1 amide bonds. The number of rotatable bonds is 6. The van der Waals surface area contributed by atoms with Gasteiger partial charge >= 0.3 is 0 Å². The molecule has 0 atom stereocenters. The van der Waals surface area contributed by atoms with Crippen molar-refractivity contribution in [2.24, 2.45) is 0 Å². The van der Waals surface area contributed by atoms with Gasteiger partial charge in [0.15, 0.2) is 0 Å². The molecule has 27 heavy (non-hydrogen) atoms. The number of aromatic nitrogens is 5. The molecule has 0 fully saturated rings. The van der Waals surface area contributed by atoms with E-state index in [2.05, 4.69) is 25.3 Å². The number of pyridine rings is 3. The molecule has 7 nitrogen and oxygen atoms in total. The summed E-state index contributed by atoms with van der Waals surface area (Å²) < 4.78 is 1.98. The van der Waals surface area contributed by atoms with Crippen LogP contribution in [-0.2, 0) is 6.54 Å². The second kappa shape index (κ2) is 7.74. The van der Waals surface area contributed by atoms with Crippen LogP contribution >= 0.6 is 0 Å². The van der Waals surface area contributed by atoms with Crippen molar-refractivity contribution >= 4 is 16.8 Å². The van der Waals surface area contributed by atoms with Crippen molar-refractivity contribution < 1.29 is 4.79 Å². The molecule has 0 aliphatic carbocycles. The lowest BCUT2D eigenvalue weighted by molar-refractivity contribution is 0.0948. The highest BCUT2D eigenvalue weighted by atomic mass is 16.1. The molecule has 0 radical (unpaired) electrons. The van der Waals surface area contributed by atoms with Crippen molar-refractivity contribution in [1.82, 2.24) is 29.8 Å². The zero-order valence-electron chi connectivity index (χ0n) is 14.6. The van der Waals surface area contributed by atoms with Crippen molar-refractivity contribution in [3.8, 4) is 11.1 Å². The lowest BCUT2D eigenvalue weighted by Gasteiger charge is -2.08. The van der Waals surface area contributed by atoms with E-state index in [0.717, 1.165) is 35.0 Å². The molecule has 4 aromatic rings. The predicted octanol–water partition coefficient (Wildman–Crippen LogP) is 2.71. The highest BCUT2D eigenvalue weighted by molar-refractivity contribution is 5.98. The summed E-state index contributed by atoms with van der Waals surface area (Å²) in [6.45, 7) is 1.38. The fraction of sp³-hybridized carbons (Fsp3) is 0.150. The first-order valence-electron chi connectivity index (χ1n) is 8.70. The van der Waals surface area contributed by atoms with Gasteiger partial charge in [0.05, 0.1) is 11.8 Å². The Bertz CT molecular complexity index is 1050. The summed E-state index contributed by atoms with van der Waals surface area (Å²) >= 11 is 0. The largest absolute Gasteiger partial charge is 0.351 e. The van der Waals surface area contributed by atoms with E-state index in [1.54, 1.807) is 43.4 Å². The highest BCUT2D eigenvalue weighted by Crippen LogP contribution is 2.25. The molecule has 0 spiro atoms. The Kier molecular flexibility index (Phi) is 4.82. The molecule has 0 saturated heterocycles. The van der Waals surface area contributed by atoms with Gasteiger partial charge in [-0.2, -0.15) is 0 Å². The molecule has 0 saturated carbocycles. The standard InChI is InChI=1S/C20H18N6O/c27-20(24-6-1-10-26-11-9-22-14-26)18-3-2-16-12-23-13-17(19(16)25-18)15-4-7-21-8-5-15/h2-5,7-9,11-14H,1,6,10H2,(H,24,27). The summed E-state index contributed by atoms with van der Waals surface area (Å²) in [5.74, 6) is -0.181. The Hall–Kier alpha value is -3.61. The van der Waals surface area contributed by atoms with E-state index in [0.29, 0.717) is 12.2 Å². The molecular weight excluding hydrogens is 340 g/mol. The van der Waals surface area contributed by atoms with Crippen LogP contribution in [0, 0.1) is 0 Å². The summed E-state index contributed by atoms with van der Waals surface area (Å²) in [5, 5.41) is 3.81. The first-order valence-corrected chi connectivity index (χ1v) is 8.70. The Balaban J connectivity index is 1.51. The number of carbonyl (C=O) groups is 1. The molecule has 134 valence electrons. The number of hydrogen-bond acceptors (Lipinski definition) is 5. The summed E-state index contributed by atoms with van der Waals surface area (Å²) in [6.07, 6.45) is 13.2. The number of nitrogens with one attached hydrogen (secondary N) is 1. The van der Waals surface area contributed by atoms with Crippen LogP contribution in [0.2, 0.25) is 0 Å². The maximum atomic E-state index is 12.5. The van der Waals surface area contributed by atoms with Gasteiger partial charge in [0.1, 0.15) is 5.69 Å². The fourth-order valence-electron chi connectivity index (χ4n) is 2.89. The van der Waals surface area contributed by atoms with Gasteiger partial charge in [-0.3, -0.25) is 14.8 Å². The van der Waals surface area contributed by atoms with E-state index in [-0.39, 0.29) is 5.91 Å². The van der Waals surface area contributed by atoms with E-state index in [1.807, 2.05) is 29.0 Å². The Morgan fingerprint density at radius 1 is 1.00 bits per heavy atom. The molecule has 7 heteroatoms. The summed E-state index contributed by atoms with van der Waals surface area (Å²) in [6, 6.07) is 7.41. The quantitative estimate of drug-likeness (QED) is 0.536. The summed E-state index contributed by atoms with van der Waals surface area (Å²) in [5.41, 5.74) is 2.99. The van der Waals surface area contributed by atoms with Gasteiger partial charge < -0.3 is 9.88 Å². The molecule has 0 aromatic carbocycles. The van der Waals surface area contributed by atoms with Crippen LogP contribution in [0.25, 0.3) is 22.0 Å². The van der Waals surface area contributed by atoms with Crippen LogP contribution < -0.4 is 5.32 Å². The lowest BCUT2D eigenvalue weighted by Crippen LogP contribution is -2.26. The van der Waals surface area contributed by atoms with Crippen LogP contribution in [0.1, 0.15) is 16.9 Å². The van der Waals surface area contributed by atoms with Crippen molar-refractivity contribution in [3.63, 3.8) is 0 Å². The molecule has 4 rings (SSSR count). The summed E-state index contributed by atoms with van der Waals surface area (Å²) in [7, 11) is 0. The number of aryl methyl sites for hydroxylation is 1. The Morgan fingerprint density at radius 3 is 2.70 bits per heavy atom. The zero-order chi connectivity index (χ0) is 18.5. The Labute approximate surface area is 156 Å². The average Bonchev–Trinajstić information content (AvgIpc) is 3.24. The summed E-state index contributed by atoms with van der Waals surface area (Å²) in [4.78, 5) is 29.4. The third kappa shape index (κ3) is 3.82. The smallest absolute Gasteiger partial charge is 0.269 e. The molecule has 4 heterocycles. The SMILES string of the molecule is O=C(NCCCn1ccnc1)c1ccc2cncc(-c3ccncc3)c2n1. The van der Waals surface area contributed by atoms with E-state index >= 15 is 0 Å². The first kappa shape index (κ1) is 16.8. The van der Waals surface area contributed by atoms with E-state index < -0.39 is 0 Å². The molecular formula is C20H18N6O. The van der Waals surface area contributed by atoms with Crippen molar-refractivity contribution in [3.05, 3.63) is 73.5 Å². The van der Waals surface area contributed by atoms with E-state index in [9.17, 15) is 4.79 Å². The molecule has 1 N–H and O–H groups in total. The van der Waals surface area contributed by atoms with Gasteiger partial charge in [0.25, 0.3) is 5.91 Å². The van der Waals surface area contributed by atoms with Crippen molar-refractivity contribution in [2.75, 3.05) is 6.54 Å². The monoisotopic (exact) mass is 358 g/mol. The van der Waals surface area contributed by atoms with Crippen LogP contribution in [0.5, 0.6) is 0 Å². The third-order valence-electron chi connectivity index (χ3n) is 4.26. The van der Waals surface area contributed by atoms with Crippen LogP contribution in [0.4, 0.5) is 0 Å². The van der Waals surface area contributed by atoms with Crippen LogP contribution in [0.3, 0.4) is 0 Å². The van der Waals surface area contributed by atoms with Crippen molar-refractivity contribution in [2.45, 2.75) is 13.0 Å². The van der Waals surface area contributed by atoms with Gasteiger partial charge in [-0.05, 0) is 36.2 Å². The van der Waals surface area contributed by atoms with Crippen molar-refractivity contribution in [1.29, 1.82) is 0 Å². The second-order valence-corrected chi connectivity index (χ2v) is 6.10. The number of nitrogens with zero attached hydrogens (tertiary/aromatic N) is 5. The third-order valence-corrected chi connectivity index (χ3v) is 4.26. The normalized spacial score (nSPS) is 10.8. The van der Waals surface area contributed by atoms with Gasteiger partial charge in [0.2, 0.25) is 0 Å². The number of hydrogen-bond donors (Lipinski definition) is 1. The number of fused-ring (bicyclic) bond motifs is 1. The van der Waals surface area contributed by atoms with Gasteiger partial charge in [-0.25, -0.2) is 9.97 Å². The molecule has 4 aromatic heterocycles. The average molecular weight is 358 g/mol. The number of carbonyl (C=O) groups excluding carboxylic acids is 1. The van der Waals surface area contributed by atoms with Crippen LogP contribution in [0.15, 0.2) is 67.8 Å². The number of amides is 1. The minimum Gasteiger partial charge on any atom is -0.351 e. The van der Waals surface area contributed by atoms with E-state index in [4.69, 9.17) is 0 Å². The van der Waals surface area contributed by atoms with Crippen LogP contribution in [-0.4, -0.2) is 37.0 Å². The fourth-order valence-corrected chi connectivity index (χ4v) is 2.89. The molecule has 0 aliphatic heterocycles. The number of imidazole rings is 1. The minimum atomic E-state index is -0.181. The van der Waals surface area contributed by atoms with Gasteiger partial charge in [-0.15, -0.1) is 0 Å². The maximum absolute atomic E-state index is 12.5. The first-order chi connectivity index (χ1) is 13.3. The topological polar surface area (TPSA) is 85.6 Å². The molecule has 0 bridgehead atoms. The highest BCUT2D eigenvalue weighted by Gasteiger charge is 2.11. The maximum Gasteiger partial charge on any atom is 0.269 e. The van der Waals surface area contributed by atoms with E-state index in [1.165, 1.54) is 0 Å². The zero-order valence-corrected chi connectivity index (χ0v) is 14.6. The minimum absolute atomic E-state index is 0.181. The van der Waals surface area contributed by atoms with Gasteiger partial charge in [-0.1, -0.05) is 0 Å². The lowest BCUT2D eigenvalue weighted by atomic mass is 10.1. The second-order valence-electron chi connectivity index (χ2n) is 6.10. The molecule has 0 unspecified atom stereocenters. The predicted molar refractivity (Wildman–Crippen MR) is 102 cm³/mol. The molecule has 0 aliphatic rings. The Morgan fingerprint density at radius 2 is 1.89 bits per heavy atom. The van der Waals surface area contributed by atoms with Gasteiger partial charge in [0, 0.05) is 61.2 Å².